The molecule has 1 unspecified atom stereocenters. The van der Waals surface area contributed by atoms with Crippen LogP contribution in [0.5, 0.6) is 6.01 Å². The molecule has 4 N–H and O–H groups in total. The molecule has 0 saturated heterocycles. The smallest absolute Gasteiger partial charge is 0.322 e. The number of halogens is 1. The summed E-state index contributed by atoms with van der Waals surface area (Å²) in [4.78, 5) is 14.1. The van der Waals surface area contributed by atoms with E-state index in [1.54, 1.807) is 6.07 Å². The van der Waals surface area contributed by atoms with Crippen molar-refractivity contribution < 1.29 is 9.13 Å². The van der Waals surface area contributed by atoms with E-state index < -0.39 is 0 Å². The number of ether oxygens (including phenoxy) is 1. The van der Waals surface area contributed by atoms with E-state index in [2.05, 4.69) is 25.6 Å². The van der Waals surface area contributed by atoms with Crippen LogP contribution in [-0.4, -0.2) is 34.8 Å². The standard InChI is InChI=1S/C18H18FN7O/c1-27-18-24-16(20)23-17(25-18)21-10-15-22-13-8-7-11(19)9-14(13)26(15)12-5-3-2-4-6-12/h2-9,15,22H,10H2,1H3,(H3,20,21,23,24,25). The summed E-state index contributed by atoms with van der Waals surface area (Å²) in [6.07, 6.45) is -0.187. The highest BCUT2D eigenvalue weighted by Gasteiger charge is 2.30. The third-order valence-electron chi connectivity index (χ3n) is 4.16. The van der Waals surface area contributed by atoms with Gasteiger partial charge >= 0.3 is 6.01 Å². The lowest BCUT2D eigenvalue weighted by molar-refractivity contribution is 0.379. The van der Waals surface area contributed by atoms with E-state index in [0.717, 1.165) is 17.1 Å². The zero-order chi connectivity index (χ0) is 18.8. The summed E-state index contributed by atoms with van der Waals surface area (Å²) >= 11 is 0. The topological polar surface area (TPSA) is 101 Å². The van der Waals surface area contributed by atoms with Crippen molar-refractivity contribution in [2.45, 2.75) is 6.17 Å². The van der Waals surface area contributed by atoms with Crippen LogP contribution in [0.3, 0.4) is 0 Å². The second-order valence-corrected chi connectivity index (χ2v) is 5.91. The van der Waals surface area contributed by atoms with E-state index in [0.29, 0.717) is 12.5 Å². The number of para-hydroxylation sites is 1. The molecule has 8 nitrogen and oxygen atoms in total. The van der Waals surface area contributed by atoms with Crippen molar-refractivity contribution in [2.24, 2.45) is 0 Å². The molecule has 27 heavy (non-hydrogen) atoms. The minimum atomic E-state index is -0.292. The van der Waals surface area contributed by atoms with E-state index in [-0.39, 0.29) is 23.9 Å². The van der Waals surface area contributed by atoms with Crippen LogP contribution in [-0.2, 0) is 0 Å². The maximum Gasteiger partial charge on any atom is 0.322 e. The summed E-state index contributed by atoms with van der Waals surface area (Å²) in [5.74, 6) is 0.0744. The number of nitrogens with zero attached hydrogens (tertiary/aromatic N) is 4. The maximum absolute atomic E-state index is 13.8. The molecule has 2 aromatic carbocycles. The van der Waals surface area contributed by atoms with Gasteiger partial charge in [0, 0.05) is 5.69 Å². The van der Waals surface area contributed by atoms with Gasteiger partial charge in [0.25, 0.3) is 0 Å². The lowest BCUT2D eigenvalue weighted by Gasteiger charge is -2.27. The van der Waals surface area contributed by atoms with Crippen LogP contribution >= 0.6 is 0 Å². The van der Waals surface area contributed by atoms with Crippen molar-refractivity contribution in [3.63, 3.8) is 0 Å². The normalized spacial score (nSPS) is 15.2. The van der Waals surface area contributed by atoms with Gasteiger partial charge in [-0.15, -0.1) is 0 Å². The van der Waals surface area contributed by atoms with Crippen molar-refractivity contribution in [1.82, 2.24) is 15.0 Å². The molecule has 0 radical (unpaired) electrons. The van der Waals surface area contributed by atoms with E-state index >= 15 is 0 Å². The van der Waals surface area contributed by atoms with Crippen molar-refractivity contribution in [1.29, 1.82) is 0 Å². The van der Waals surface area contributed by atoms with Crippen LogP contribution in [0.15, 0.2) is 48.5 Å². The molecule has 0 fully saturated rings. The van der Waals surface area contributed by atoms with Gasteiger partial charge in [-0.3, -0.25) is 0 Å². The molecule has 1 aliphatic rings. The molecule has 0 aliphatic carbocycles. The molecule has 4 rings (SSSR count). The number of nitrogens with two attached hydrogens (primary N) is 1. The van der Waals surface area contributed by atoms with Gasteiger partial charge in [-0.05, 0) is 30.3 Å². The zero-order valence-corrected chi connectivity index (χ0v) is 14.6. The summed E-state index contributed by atoms with van der Waals surface area (Å²) in [6.45, 7) is 0.428. The number of fused-ring (bicyclic) bond motifs is 1. The molecular weight excluding hydrogens is 349 g/mol. The first-order valence-corrected chi connectivity index (χ1v) is 8.34. The number of aromatic nitrogens is 3. The molecule has 2 heterocycles. The summed E-state index contributed by atoms with van der Waals surface area (Å²) in [5, 5.41) is 6.52. The Bertz CT molecular complexity index is 954. The summed E-state index contributed by atoms with van der Waals surface area (Å²) in [6, 6.07) is 14.6. The van der Waals surface area contributed by atoms with Gasteiger partial charge in [-0.2, -0.15) is 15.0 Å². The van der Waals surface area contributed by atoms with Crippen molar-refractivity contribution in [3.8, 4) is 6.01 Å². The van der Waals surface area contributed by atoms with Crippen LogP contribution in [0.4, 0.5) is 33.3 Å². The number of methoxy groups -OCH3 is 1. The molecule has 1 aromatic heterocycles. The van der Waals surface area contributed by atoms with Gasteiger partial charge in [0.05, 0.1) is 25.0 Å². The fourth-order valence-corrected chi connectivity index (χ4v) is 3.02. The van der Waals surface area contributed by atoms with Crippen LogP contribution in [0.25, 0.3) is 0 Å². The van der Waals surface area contributed by atoms with Gasteiger partial charge < -0.3 is 26.0 Å². The third kappa shape index (κ3) is 3.39. The number of hydrogen-bond acceptors (Lipinski definition) is 8. The quantitative estimate of drug-likeness (QED) is 0.633. The largest absolute Gasteiger partial charge is 0.467 e. The Hall–Kier alpha value is -3.62. The Morgan fingerprint density at radius 1 is 1.19 bits per heavy atom. The molecule has 1 aliphatic heterocycles. The molecule has 0 saturated carbocycles. The Morgan fingerprint density at radius 3 is 2.78 bits per heavy atom. The summed E-state index contributed by atoms with van der Waals surface area (Å²) in [7, 11) is 1.46. The Morgan fingerprint density at radius 2 is 2.00 bits per heavy atom. The number of hydrogen-bond donors (Lipinski definition) is 3. The summed E-state index contributed by atoms with van der Waals surface area (Å²) < 4.78 is 18.8. The van der Waals surface area contributed by atoms with Crippen LogP contribution in [0, 0.1) is 5.82 Å². The zero-order valence-electron chi connectivity index (χ0n) is 14.6. The van der Waals surface area contributed by atoms with Crippen LogP contribution < -0.4 is 26.0 Å². The average molecular weight is 367 g/mol. The molecule has 0 spiro atoms. The lowest BCUT2D eigenvalue weighted by Crippen LogP contribution is -2.38. The highest BCUT2D eigenvalue weighted by Crippen LogP contribution is 2.40. The van der Waals surface area contributed by atoms with Gasteiger partial charge in [0.15, 0.2) is 0 Å². The van der Waals surface area contributed by atoms with Crippen LogP contribution in [0.1, 0.15) is 0 Å². The lowest BCUT2D eigenvalue weighted by atomic mass is 10.2. The van der Waals surface area contributed by atoms with Crippen molar-refractivity contribution in [3.05, 3.63) is 54.3 Å². The maximum atomic E-state index is 13.8. The first-order valence-electron chi connectivity index (χ1n) is 8.34. The predicted octanol–water partition coefficient (Wildman–Crippen LogP) is 2.60. The molecule has 0 amide bonds. The van der Waals surface area contributed by atoms with E-state index in [1.165, 1.54) is 19.2 Å². The number of rotatable bonds is 5. The fourth-order valence-electron chi connectivity index (χ4n) is 3.02. The van der Waals surface area contributed by atoms with E-state index in [4.69, 9.17) is 10.5 Å². The number of anilines is 5. The summed E-state index contributed by atoms with van der Waals surface area (Å²) in [5.41, 5.74) is 8.22. The molecule has 1 atom stereocenters. The molecule has 0 bridgehead atoms. The van der Waals surface area contributed by atoms with E-state index in [1.807, 2.05) is 35.2 Å². The number of nitrogens with one attached hydrogen (secondary N) is 2. The highest BCUT2D eigenvalue weighted by atomic mass is 19.1. The van der Waals surface area contributed by atoms with Crippen LogP contribution in [0.2, 0.25) is 0 Å². The second-order valence-electron chi connectivity index (χ2n) is 5.91. The molecule has 3 aromatic rings. The Labute approximate surface area is 155 Å². The SMILES string of the molecule is COc1nc(N)nc(NCC2Nc3ccc(F)cc3N2c2ccccc2)n1. The monoisotopic (exact) mass is 367 g/mol. The Balaban J connectivity index is 1.61. The highest BCUT2D eigenvalue weighted by molar-refractivity contribution is 5.82. The van der Waals surface area contributed by atoms with Crippen molar-refractivity contribution >= 4 is 29.0 Å². The average Bonchev–Trinajstić information content (AvgIpc) is 3.04. The fraction of sp³-hybridized carbons (Fsp3) is 0.167. The Kier molecular flexibility index (Phi) is 4.33. The number of benzene rings is 2. The second kappa shape index (κ2) is 6.94. The van der Waals surface area contributed by atoms with Gasteiger partial charge in [0.2, 0.25) is 11.9 Å². The minimum absolute atomic E-state index is 0.0639. The number of nitrogen functional groups attached to an aromatic ring is 1. The van der Waals surface area contributed by atoms with Crippen molar-refractivity contribution in [2.75, 3.05) is 34.9 Å². The molecule has 138 valence electrons. The van der Waals surface area contributed by atoms with E-state index in [9.17, 15) is 4.39 Å². The minimum Gasteiger partial charge on any atom is -0.467 e. The first-order chi connectivity index (χ1) is 13.1. The predicted molar refractivity (Wildman–Crippen MR) is 102 cm³/mol. The van der Waals surface area contributed by atoms with Gasteiger partial charge in [-0.1, -0.05) is 18.2 Å². The van der Waals surface area contributed by atoms with Gasteiger partial charge in [-0.25, -0.2) is 4.39 Å². The molecular formula is C18H18FN7O. The third-order valence-corrected chi connectivity index (χ3v) is 4.16. The first kappa shape index (κ1) is 16.8. The molecule has 9 heteroatoms. The van der Waals surface area contributed by atoms with Gasteiger partial charge in [0.1, 0.15) is 12.0 Å².